The van der Waals surface area contributed by atoms with E-state index >= 15 is 0 Å². The molecular formula is C17H18N4O4. The quantitative estimate of drug-likeness (QED) is 0.734. The van der Waals surface area contributed by atoms with Gasteiger partial charge >= 0.3 is 0 Å². The summed E-state index contributed by atoms with van der Waals surface area (Å²) in [4.78, 5) is 20.6. The molecule has 0 spiro atoms. The van der Waals surface area contributed by atoms with E-state index < -0.39 is 6.04 Å². The molecule has 3 aromatic rings. The van der Waals surface area contributed by atoms with Gasteiger partial charge in [0.15, 0.2) is 11.6 Å². The monoisotopic (exact) mass is 342 g/mol. The van der Waals surface area contributed by atoms with Gasteiger partial charge in [0.25, 0.3) is 5.91 Å². The maximum absolute atomic E-state index is 12.2. The van der Waals surface area contributed by atoms with Crippen molar-refractivity contribution in [3.8, 4) is 17.1 Å². The van der Waals surface area contributed by atoms with Crippen LogP contribution in [0.15, 0.2) is 39.5 Å². The lowest BCUT2D eigenvalue weighted by Gasteiger charge is -2.07. The molecule has 2 heterocycles. The van der Waals surface area contributed by atoms with Gasteiger partial charge in [-0.15, -0.1) is 0 Å². The van der Waals surface area contributed by atoms with E-state index in [1.807, 2.05) is 31.2 Å². The molecule has 1 N–H and O–H groups in total. The Labute approximate surface area is 144 Å². The number of amides is 1. The number of hydrogen-bond donors (Lipinski definition) is 1. The van der Waals surface area contributed by atoms with Crippen molar-refractivity contribution in [2.75, 3.05) is 7.11 Å². The first kappa shape index (κ1) is 16.7. The Balaban J connectivity index is 1.74. The highest BCUT2D eigenvalue weighted by atomic mass is 16.5. The topological polar surface area (TPSA) is 103 Å². The Kier molecular flexibility index (Phi) is 4.78. The Bertz CT molecular complexity index is 871. The second kappa shape index (κ2) is 7.16. The van der Waals surface area contributed by atoms with Crippen LogP contribution in [0.2, 0.25) is 0 Å². The lowest BCUT2D eigenvalue weighted by Crippen LogP contribution is -2.27. The number of oxazole rings is 1. The largest absolute Gasteiger partial charge is 0.496 e. The second-order valence-corrected chi connectivity index (χ2v) is 5.33. The standard InChI is InChI=1S/C17H18N4O4/c1-4-14-19-12(9-24-14)16(22)18-10(2)17-20-15(21-25-17)11-7-5-6-8-13(11)23-3/h5-10H,4H2,1-3H3,(H,18,22). The zero-order valence-corrected chi connectivity index (χ0v) is 14.1. The minimum Gasteiger partial charge on any atom is -0.496 e. The van der Waals surface area contributed by atoms with Crippen LogP contribution in [0.25, 0.3) is 11.4 Å². The molecule has 0 radical (unpaired) electrons. The predicted molar refractivity (Wildman–Crippen MR) is 88.0 cm³/mol. The van der Waals surface area contributed by atoms with Crippen LogP contribution in [0.4, 0.5) is 0 Å². The number of nitrogens with one attached hydrogen (secondary N) is 1. The van der Waals surface area contributed by atoms with Crippen molar-refractivity contribution >= 4 is 5.91 Å². The van der Waals surface area contributed by atoms with Gasteiger partial charge in [0.1, 0.15) is 18.1 Å². The Hall–Kier alpha value is -3.16. The molecule has 0 aliphatic carbocycles. The van der Waals surface area contributed by atoms with Crippen LogP contribution in [-0.4, -0.2) is 28.1 Å². The van der Waals surface area contributed by atoms with E-state index in [1.165, 1.54) is 6.26 Å². The van der Waals surface area contributed by atoms with E-state index in [2.05, 4.69) is 20.4 Å². The van der Waals surface area contributed by atoms with Crippen molar-refractivity contribution in [1.29, 1.82) is 0 Å². The SMILES string of the molecule is CCc1nc(C(=O)NC(C)c2nc(-c3ccccc3OC)no2)co1. The summed E-state index contributed by atoms with van der Waals surface area (Å²) >= 11 is 0. The van der Waals surface area contributed by atoms with Crippen molar-refractivity contribution in [3.63, 3.8) is 0 Å². The van der Waals surface area contributed by atoms with E-state index in [0.717, 1.165) is 0 Å². The Morgan fingerprint density at radius 1 is 1.32 bits per heavy atom. The van der Waals surface area contributed by atoms with Crippen LogP contribution in [0.5, 0.6) is 5.75 Å². The third-order valence-electron chi connectivity index (χ3n) is 3.59. The summed E-state index contributed by atoms with van der Waals surface area (Å²) in [6.07, 6.45) is 1.95. The van der Waals surface area contributed by atoms with Gasteiger partial charge in [-0.1, -0.05) is 24.2 Å². The molecule has 0 saturated carbocycles. The fourth-order valence-corrected chi connectivity index (χ4v) is 2.26. The van der Waals surface area contributed by atoms with Gasteiger partial charge in [-0.05, 0) is 19.1 Å². The molecular weight excluding hydrogens is 324 g/mol. The van der Waals surface area contributed by atoms with Gasteiger partial charge in [-0.25, -0.2) is 4.98 Å². The van der Waals surface area contributed by atoms with Gasteiger partial charge in [0, 0.05) is 6.42 Å². The average molecular weight is 342 g/mol. The number of ether oxygens (including phenoxy) is 1. The third-order valence-corrected chi connectivity index (χ3v) is 3.59. The van der Waals surface area contributed by atoms with Crippen molar-refractivity contribution in [2.45, 2.75) is 26.3 Å². The second-order valence-electron chi connectivity index (χ2n) is 5.33. The summed E-state index contributed by atoms with van der Waals surface area (Å²) < 4.78 is 15.7. The third kappa shape index (κ3) is 3.52. The zero-order valence-electron chi connectivity index (χ0n) is 14.1. The van der Waals surface area contributed by atoms with Crippen molar-refractivity contribution in [3.05, 3.63) is 48.0 Å². The first-order valence-electron chi connectivity index (χ1n) is 7.84. The first-order valence-corrected chi connectivity index (χ1v) is 7.84. The predicted octanol–water partition coefficient (Wildman–Crippen LogP) is 2.79. The molecule has 0 aliphatic heterocycles. The van der Waals surface area contributed by atoms with Gasteiger partial charge < -0.3 is 19.0 Å². The number of carbonyl (C=O) groups is 1. The van der Waals surface area contributed by atoms with Crippen LogP contribution in [0.1, 0.15) is 42.2 Å². The normalized spacial score (nSPS) is 12.0. The lowest BCUT2D eigenvalue weighted by atomic mass is 10.2. The fraction of sp³-hybridized carbons (Fsp3) is 0.294. The number of rotatable bonds is 6. The van der Waals surface area contributed by atoms with Crippen LogP contribution >= 0.6 is 0 Å². The van der Waals surface area contributed by atoms with Crippen LogP contribution in [0, 0.1) is 0 Å². The number of para-hydroxylation sites is 1. The number of benzene rings is 1. The summed E-state index contributed by atoms with van der Waals surface area (Å²) in [7, 11) is 1.57. The van der Waals surface area contributed by atoms with E-state index in [9.17, 15) is 4.79 Å². The molecule has 130 valence electrons. The molecule has 2 aromatic heterocycles. The maximum atomic E-state index is 12.2. The first-order chi connectivity index (χ1) is 12.1. The van der Waals surface area contributed by atoms with E-state index in [0.29, 0.717) is 29.4 Å². The lowest BCUT2D eigenvalue weighted by molar-refractivity contribution is 0.0927. The maximum Gasteiger partial charge on any atom is 0.273 e. The smallest absolute Gasteiger partial charge is 0.273 e. The highest BCUT2D eigenvalue weighted by molar-refractivity contribution is 5.92. The number of hydrogen-bond acceptors (Lipinski definition) is 7. The van der Waals surface area contributed by atoms with Gasteiger partial charge in [0.05, 0.1) is 12.7 Å². The molecule has 8 nitrogen and oxygen atoms in total. The van der Waals surface area contributed by atoms with Gasteiger partial charge in [-0.3, -0.25) is 4.79 Å². The molecule has 1 amide bonds. The van der Waals surface area contributed by atoms with Gasteiger partial charge in [0.2, 0.25) is 11.7 Å². The molecule has 1 atom stereocenters. The van der Waals surface area contributed by atoms with E-state index in [1.54, 1.807) is 14.0 Å². The van der Waals surface area contributed by atoms with E-state index in [-0.39, 0.29) is 17.5 Å². The summed E-state index contributed by atoms with van der Waals surface area (Å²) in [6, 6.07) is 6.87. The number of aromatic nitrogens is 3. The van der Waals surface area contributed by atoms with E-state index in [4.69, 9.17) is 13.7 Å². The van der Waals surface area contributed by atoms with Crippen molar-refractivity contribution in [2.24, 2.45) is 0 Å². The summed E-state index contributed by atoms with van der Waals surface area (Å²) in [5.41, 5.74) is 0.927. The highest BCUT2D eigenvalue weighted by Crippen LogP contribution is 2.27. The molecule has 0 aliphatic rings. The Morgan fingerprint density at radius 2 is 2.12 bits per heavy atom. The molecule has 1 aromatic carbocycles. The van der Waals surface area contributed by atoms with Crippen molar-refractivity contribution in [1.82, 2.24) is 20.4 Å². The summed E-state index contributed by atoms with van der Waals surface area (Å²) in [5.74, 6) is 1.46. The number of nitrogens with zero attached hydrogens (tertiary/aromatic N) is 3. The fourth-order valence-electron chi connectivity index (χ4n) is 2.26. The minimum atomic E-state index is -0.481. The summed E-state index contributed by atoms with van der Waals surface area (Å²) in [5, 5.41) is 6.72. The van der Waals surface area contributed by atoms with Crippen LogP contribution in [0.3, 0.4) is 0 Å². The average Bonchev–Trinajstić information content (AvgIpc) is 3.31. The van der Waals surface area contributed by atoms with Crippen LogP contribution in [-0.2, 0) is 6.42 Å². The molecule has 0 bridgehead atoms. The Morgan fingerprint density at radius 3 is 2.84 bits per heavy atom. The number of methoxy groups -OCH3 is 1. The zero-order chi connectivity index (χ0) is 17.8. The molecule has 3 rings (SSSR count). The molecule has 0 saturated heterocycles. The molecule has 1 unspecified atom stereocenters. The number of aryl methyl sites for hydroxylation is 1. The van der Waals surface area contributed by atoms with Gasteiger partial charge in [-0.2, -0.15) is 4.98 Å². The molecule has 8 heteroatoms. The number of carbonyl (C=O) groups excluding carboxylic acids is 1. The minimum absolute atomic E-state index is 0.216. The van der Waals surface area contributed by atoms with Crippen LogP contribution < -0.4 is 10.1 Å². The van der Waals surface area contributed by atoms with Crippen molar-refractivity contribution < 1.29 is 18.5 Å². The highest BCUT2D eigenvalue weighted by Gasteiger charge is 2.21. The molecule has 0 fully saturated rings. The molecule has 25 heavy (non-hydrogen) atoms. The summed E-state index contributed by atoms with van der Waals surface area (Å²) in [6.45, 7) is 3.65.